The second-order valence-electron chi connectivity index (χ2n) is 4.94. The Balaban J connectivity index is 2.22. The van der Waals surface area contributed by atoms with Gasteiger partial charge in [0.15, 0.2) is 9.84 Å². The average molecular weight is 341 g/mol. The van der Waals surface area contributed by atoms with E-state index in [-0.39, 0.29) is 10.1 Å². The van der Waals surface area contributed by atoms with E-state index in [0.717, 1.165) is 5.56 Å². The van der Waals surface area contributed by atoms with Crippen molar-refractivity contribution >= 4 is 36.5 Å². The van der Waals surface area contributed by atoms with E-state index in [1.807, 2.05) is 12.1 Å². The maximum absolute atomic E-state index is 11.5. The first kappa shape index (κ1) is 14.5. The van der Waals surface area contributed by atoms with Crippen LogP contribution in [0.3, 0.4) is 0 Å². The molecule has 2 nitrogen and oxygen atoms in total. The number of sulfone groups is 1. The molecule has 0 fully saturated rings. The van der Waals surface area contributed by atoms with Crippen LogP contribution < -0.4 is 0 Å². The number of halogens is 1. The molecule has 2 atom stereocenters. The molecule has 2 aromatic carbocycles. The van der Waals surface area contributed by atoms with E-state index in [9.17, 15) is 8.42 Å². The fourth-order valence-corrected chi connectivity index (χ4v) is 4.21. The van der Waals surface area contributed by atoms with Crippen LogP contribution in [0.15, 0.2) is 42.5 Å². The second-order valence-corrected chi connectivity index (χ2v) is 8.52. The van der Waals surface area contributed by atoms with Crippen LogP contribution >= 0.6 is 15.9 Å². The molecule has 0 aliphatic heterocycles. The highest BCUT2D eigenvalue weighted by Gasteiger charge is 2.23. The van der Waals surface area contributed by atoms with Gasteiger partial charge in [-0.05, 0) is 29.7 Å². The Morgan fingerprint density at radius 3 is 2.37 bits per heavy atom. The molecule has 0 aliphatic carbocycles. The maximum atomic E-state index is 11.5. The summed E-state index contributed by atoms with van der Waals surface area (Å²) in [5, 5.41) is 2.00. The van der Waals surface area contributed by atoms with Crippen LogP contribution in [0, 0.1) is 0 Å². The lowest BCUT2D eigenvalue weighted by molar-refractivity contribution is 0.586. The zero-order valence-corrected chi connectivity index (χ0v) is 13.4. The minimum atomic E-state index is -3.01. The number of alkyl halides is 1. The third kappa shape index (κ3) is 3.57. The van der Waals surface area contributed by atoms with Gasteiger partial charge in [0.1, 0.15) is 0 Å². The van der Waals surface area contributed by atoms with Crippen molar-refractivity contribution in [1.29, 1.82) is 0 Å². The summed E-state index contributed by atoms with van der Waals surface area (Å²) in [5.74, 6) is 0. The van der Waals surface area contributed by atoms with Gasteiger partial charge in [0.05, 0.1) is 5.25 Å². The Kier molecular flexibility index (Phi) is 4.31. The van der Waals surface area contributed by atoms with Crippen LogP contribution in [0.25, 0.3) is 10.8 Å². The minimum absolute atomic E-state index is 0.0661. The quantitative estimate of drug-likeness (QED) is 0.797. The fraction of sp³-hybridized carbons (Fsp3) is 0.333. The summed E-state index contributed by atoms with van der Waals surface area (Å²) in [4.78, 5) is -0.0661. The zero-order chi connectivity index (χ0) is 14.0. The Hall–Kier alpha value is -0.870. The van der Waals surface area contributed by atoms with Crippen molar-refractivity contribution in [3.05, 3.63) is 48.0 Å². The molecule has 4 heteroatoms. The molecule has 0 aromatic heterocycles. The molecule has 2 rings (SSSR count). The number of rotatable bonds is 4. The molecule has 2 unspecified atom stereocenters. The van der Waals surface area contributed by atoms with Gasteiger partial charge in [0.25, 0.3) is 0 Å². The van der Waals surface area contributed by atoms with Crippen molar-refractivity contribution in [3.8, 4) is 0 Å². The molecule has 0 N–H and O–H groups in total. The monoisotopic (exact) mass is 340 g/mol. The van der Waals surface area contributed by atoms with Crippen molar-refractivity contribution in [2.75, 3.05) is 6.26 Å². The molecule has 0 saturated heterocycles. The van der Waals surface area contributed by atoms with Gasteiger partial charge in [-0.1, -0.05) is 58.4 Å². The summed E-state index contributed by atoms with van der Waals surface area (Å²) < 4.78 is 23.1. The molecule has 2 aromatic rings. The molecule has 0 bridgehead atoms. The summed E-state index contributed by atoms with van der Waals surface area (Å²) in [6, 6.07) is 14.4. The maximum Gasteiger partial charge on any atom is 0.151 e. The van der Waals surface area contributed by atoms with Crippen molar-refractivity contribution in [2.45, 2.75) is 23.4 Å². The van der Waals surface area contributed by atoms with Gasteiger partial charge in [0.2, 0.25) is 0 Å². The van der Waals surface area contributed by atoms with E-state index in [2.05, 4.69) is 46.3 Å². The van der Waals surface area contributed by atoms with Crippen LogP contribution in [-0.4, -0.2) is 24.8 Å². The first-order valence-corrected chi connectivity index (χ1v) is 9.05. The molecular formula is C15H17BrO2S. The van der Waals surface area contributed by atoms with Gasteiger partial charge >= 0.3 is 0 Å². The molecule has 0 amide bonds. The first-order chi connectivity index (χ1) is 8.88. The Labute approximate surface area is 122 Å². The molecular weight excluding hydrogens is 324 g/mol. The van der Waals surface area contributed by atoms with E-state index in [0.29, 0.717) is 6.42 Å². The fourth-order valence-electron chi connectivity index (χ4n) is 2.03. The topological polar surface area (TPSA) is 34.1 Å². The van der Waals surface area contributed by atoms with Crippen molar-refractivity contribution in [2.24, 2.45) is 0 Å². The van der Waals surface area contributed by atoms with Gasteiger partial charge in [-0.25, -0.2) is 8.42 Å². The summed E-state index contributed by atoms with van der Waals surface area (Å²) in [6.07, 6.45) is 1.99. The van der Waals surface area contributed by atoms with Crippen LogP contribution in [0.1, 0.15) is 12.5 Å². The Morgan fingerprint density at radius 1 is 1.11 bits per heavy atom. The number of fused-ring (bicyclic) bond motifs is 1. The molecule has 0 heterocycles. The average Bonchev–Trinajstić information content (AvgIpc) is 2.36. The normalized spacial score (nSPS) is 15.3. The molecule has 0 saturated carbocycles. The van der Waals surface area contributed by atoms with Gasteiger partial charge in [-0.15, -0.1) is 0 Å². The minimum Gasteiger partial charge on any atom is -0.229 e. The number of benzene rings is 2. The van der Waals surface area contributed by atoms with Gasteiger partial charge in [-0.2, -0.15) is 0 Å². The zero-order valence-electron chi connectivity index (χ0n) is 11.0. The van der Waals surface area contributed by atoms with E-state index < -0.39 is 9.84 Å². The molecule has 0 spiro atoms. The molecule has 102 valence electrons. The van der Waals surface area contributed by atoms with Gasteiger partial charge < -0.3 is 0 Å². The van der Waals surface area contributed by atoms with E-state index in [4.69, 9.17) is 0 Å². The van der Waals surface area contributed by atoms with Crippen LogP contribution in [0.4, 0.5) is 0 Å². The lowest BCUT2D eigenvalue weighted by Gasteiger charge is -2.16. The van der Waals surface area contributed by atoms with Crippen LogP contribution in [-0.2, 0) is 16.3 Å². The van der Waals surface area contributed by atoms with E-state index >= 15 is 0 Å². The largest absolute Gasteiger partial charge is 0.229 e. The van der Waals surface area contributed by atoms with Crippen LogP contribution in [0.5, 0.6) is 0 Å². The van der Waals surface area contributed by atoms with Gasteiger partial charge in [-0.3, -0.25) is 0 Å². The summed E-state index contributed by atoms with van der Waals surface area (Å²) in [5.41, 5.74) is 1.15. The highest BCUT2D eigenvalue weighted by atomic mass is 79.9. The predicted octanol–water partition coefficient (Wildman–Crippen LogP) is 3.58. The smallest absolute Gasteiger partial charge is 0.151 e. The predicted molar refractivity (Wildman–Crippen MR) is 84.7 cm³/mol. The third-order valence-corrected chi connectivity index (χ3v) is 6.58. The Morgan fingerprint density at radius 2 is 1.74 bits per heavy atom. The molecule has 0 radical (unpaired) electrons. The molecule has 19 heavy (non-hydrogen) atoms. The molecule has 0 aliphatic rings. The van der Waals surface area contributed by atoms with E-state index in [1.165, 1.54) is 17.0 Å². The third-order valence-electron chi connectivity index (χ3n) is 3.43. The number of hydrogen-bond donors (Lipinski definition) is 0. The van der Waals surface area contributed by atoms with Crippen molar-refractivity contribution < 1.29 is 8.42 Å². The highest BCUT2D eigenvalue weighted by Crippen LogP contribution is 2.21. The van der Waals surface area contributed by atoms with E-state index in [1.54, 1.807) is 6.92 Å². The summed E-state index contributed by atoms with van der Waals surface area (Å²) >= 11 is 3.50. The summed E-state index contributed by atoms with van der Waals surface area (Å²) in [7, 11) is -3.01. The SMILES string of the molecule is CC(C(Br)Cc1ccc2ccccc2c1)S(C)(=O)=O. The lowest BCUT2D eigenvalue weighted by atomic mass is 10.0. The first-order valence-electron chi connectivity index (χ1n) is 6.18. The number of hydrogen-bond acceptors (Lipinski definition) is 2. The van der Waals surface area contributed by atoms with Crippen LogP contribution in [0.2, 0.25) is 0 Å². The summed E-state index contributed by atoms with van der Waals surface area (Å²) in [6.45, 7) is 1.75. The second kappa shape index (κ2) is 5.63. The van der Waals surface area contributed by atoms with Gasteiger partial charge in [0, 0.05) is 11.1 Å². The standard InChI is InChI=1S/C15H17BrO2S/c1-11(19(2,17)18)15(16)10-12-7-8-13-5-3-4-6-14(13)9-12/h3-9,11,15H,10H2,1-2H3. The highest BCUT2D eigenvalue weighted by molar-refractivity contribution is 9.09. The Bertz CT molecular complexity index is 679. The van der Waals surface area contributed by atoms with Crippen molar-refractivity contribution in [1.82, 2.24) is 0 Å². The van der Waals surface area contributed by atoms with Crippen molar-refractivity contribution in [3.63, 3.8) is 0 Å². The lowest BCUT2D eigenvalue weighted by Crippen LogP contribution is -2.27.